The molecule has 0 aromatic carbocycles. The van der Waals surface area contributed by atoms with Gasteiger partial charge in [-0.15, -0.1) is 11.6 Å². The number of nitrogens with zero attached hydrogens (tertiary/aromatic N) is 2. The first-order valence-corrected chi connectivity index (χ1v) is 5.93. The highest BCUT2D eigenvalue weighted by Gasteiger charge is 2.30. The first-order valence-electron chi connectivity index (χ1n) is 5.40. The van der Waals surface area contributed by atoms with E-state index in [0.717, 1.165) is 12.8 Å². The molecule has 1 heterocycles. The van der Waals surface area contributed by atoms with Gasteiger partial charge in [0.25, 0.3) is 0 Å². The Balaban J connectivity index is 2.75. The molecule has 0 aliphatic rings. The second-order valence-corrected chi connectivity index (χ2v) is 5.20. The van der Waals surface area contributed by atoms with Crippen LogP contribution in [0.5, 0.6) is 0 Å². The van der Waals surface area contributed by atoms with Crippen molar-refractivity contribution in [1.82, 2.24) is 10.1 Å². The van der Waals surface area contributed by atoms with E-state index in [1.165, 1.54) is 0 Å². The number of aromatic nitrogens is 2. The summed E-state index contributed by atoms with van der Waals surface area (Å²) in [4.78, 5) is 4.32. The Bertz CT molecular complexity index is 320. The molecule has 1 aromatic heterocycles. The predicted octanol–water partition coefficient (Wildman–Crippen LogP) is 2.97. The van der Waals surface area contributed by atoms with Crippen molar-refractivity contribution < 1.29 is 9.26 Å². The van der Waals surface area contributed by atoms with Crippen molar-refractivity contribution in [2.75, 3.05) is 13.0 Å². The van der Waals surface area contributed by atoms with Gasteiger partial charge in [-0.25, -0.2) is 0 Å². The van der Waals surface area contributed by atoms with Gasteiger partial charge in [0.05, 0.1) is 0 Å². The van der Waals surface area contributed by atoms with Gasteiger partial charge in [0, 0.05) is 19.4 Å². The van der Waals surface area contributed by atoms with Gasteiger partial charge >= 0.3 is 0 Å². The third-order valence-corrected chi connectivity index (χ3v) is 2.53. The van der Waals surface area contributed by atoms with Crippen LogP contribution in [-0.4, -0.2) is 23.1 Å². The van der Waals surface area contributed by atoms with E-state index in [4.69, 9.17) is 20.9 Å². The average Bonchev–Trinajstić information content (AvgIpc) is 2.62. The normalized spacial score (nSPS) is 14.1. The van der Waals surface area contributed by atoms with E-state index in [1.54, 1.807) is 7.11 Å². The number of hydrogen-bond donors (Lipinski definition) is 0. The fourth-order valence-corrected chi connectivity index (χ4v) is 1.67. The molecule has 1 atom stereocenters. The van der Waals surface area contributed by atoms with Crippen molar-refractivity contribution in [3.8, 4) is 0 Å². The van der Waals surface area contributed by atoms with Crippen LogP contribution in [0.2, 0.25) is 0 Å². The Morgan fingerprint density at radius 1 is 1.44 bits per heavy atom. The molecule has 16 heavy (non-hydrogen) atoms. The zero-order chi connectivity index (χ0) is 12.2. The van der Waals surface area contributed by atoms with Crippen LogP contribution >= 0.6 is 11.6 Å². The minimum absolute atomic E-state index is 0.0532. The predicted molar refractivity (Wildman–Crippen MR) is 62.5 cm³/mol. The smallest absolute Gasteiger partial charge is 0.226 e. The average molecular weight is 247 g/mol. The molecule has 92 valence electrons. The molecular formula is C11H19ClN2O2. The van der Waals surface area contributed by atoms with E-state index < -0.39 is 0 Å². The number of methoxy groups -OCH3 is 1. The van der Waals surface area contributed by atoms with E-state index in [1.807, 2.05) is 0 Å². The Morgan fingerprint density at radius 2 is 2.12 bits per heavy atom. The minimum Gasteiger partial charge on any atom is -0.373 e. The molecule has 0 fully saturated rings. The quantitative estimate of drug-likeness (QED) is 0.750. The summed E-state index contributed by atoms with van der Waals surface area (Å²) < 4.78 is 10.6. The molecule has 0 saturated heterocycles. The summed E-state index contributed by atoms with van der Waals surface area (Å²) >= 11 is 5.61. The molecule has 4 nitrogen and oxygen atoms in total. The Labute approximate surface area is 101 Å². The molecule has 0 radical (unpaired) electrons. The van der Waals surface area contributed by atoms with Crippen molar-refractivity contribution >= 4 is 11.6 Å². The van der Waals surface area contributed by atoms with Crippen LogP contribution < -0.4 is 0 Å². The SMILES string of the molecule is COC(c1noc(CCCCl)n1)C(C)(C)C. The van der Waals surface area contributed by atoms with Gasteiger partial charge < -0.3 is 9.26 Å². The van der Waals surface area contributed by atoms with Crippen LogP contribution in [-0.2, 0) is 11.2 Å². The Morgan fingerprint density at radius 3 is 2.62 bits per heavy atom. The van der Waals surface area contributed by atoms with Gasteiger partial charge in [-0.1, -0.05) is 25.9 Å². The standard InChI is InChI=1S/C11H19ClN2O2/c1-11(2,3)9(15-4)10-13-8(16-14-10)6-5-7-12/h9H,5-7H2,1-4H3. The van der Waals surface area contributed by atoms with Crippen LogP contribution in [0, 0.1) is 5.41 Å². The summed E-state index contributed by atoms with van der Waals surface area (Å²) in [6.07, 6.45) is 1.41. The summed E-state index contributed by atoms with van der Waals surface area (Å²) in [6, 6.07) is 0. The number of ether oxygens (including phenoxy) is 1. The highest BCUT2D eigenvalue weighted by atomic mass is 35.5. The summed E-state index contributed by atoms with van der Waals surface area (Å²) in [5, 5.41) is 3.95. The van der Waals surface area contributed by atoms with E-state index in [2.05, 4.69) is 30.9 Å². The summed E-state index contributed by atoms with van der Waals surface area (Å²) in [7, 11) is 1.66. The number of alkyl halides is 1. The van der Waals surface area contributed by atoms with E-state index in [9.17, 15) is 0 Å². The third-order valence-electron chi connectivity index (χ3n) is 2.26. The van der Waals surface area contributed by atoms with Gasteiger partial charge in [-0.2, -0.15) is 4.98 Å². The van der Waals surface area contributed by atoms with Crippen molar-refractivity contribution in [2.45, 2.75) is 39.7 Å². The minimum atomic E-state index is -0.152. The molecule has 0 saturated carbocycles. The lowest BCUT2D eigenvalue weighted by molar-refractivity contribution is 0.00718. The zero-order valence-electron chi connectivity index (χ0n) is 10.3. The van der Waals surface area contributed by atoms with Crippen molar-refractivity contribution in [2.24, 2.45) is 5.41 Å². The maximum Gasteiger partial charge on any atom is 0.226 e. The van der Waals surface area contributed by atoms with Gasteiger partial charge in [0.1, 0.15) is 6.10 Å². The molecule has 0 N–H and O–H groups in total. The number of rotatable bonds is 5. The van der Waals surface area contributed by atoms with E-state index in [-0.39, 0.29) is 11.5 Å². The van der Waals surface area contributed by atoms with Gasteiger partial charge in [-0.3, -0.25) is 0 Å². The van der Waals surface area contributed by atoms with Crippen LogP contribution in [0.25, 0.3) is 0 Å². The maximum atomic E-state index is 5.61. The van der Waals surface area contributed by atoms with Gasteiger partial charge in [0.15, 0.2) is 0 Å². The van der Waals surface area contributed by atoms with Crippen molar-refractivity contribution in [1.29, 1.82) is 0 Å². The van der Waals surface area contributed by atoms with Crippen molar-refractivity contribution in [3.05, 3.63) is 11.7 Å². The second-order valence-electron chi connectivity index (χ2n) is 4.82. The second kappa shape index (κ2) is 5.64. The van der Waals surface area contributed by atoms with E-state index in [0.29, 0.717) is 17.6 Å². The van der Waals surface area contributed by atoms with Crippen molar-refractivity contribution in [3.63, 3.8) is 0 Å². The summed E-state index contributed by atoms with van der Waals surface area (Å²) in [6.45, 7) is 6.24. The molecular weight excluding hydrogens is 228 g/mol. The third kappa shape index (κ3) is 3.46. The Hall–Kier alpha value is -0.610. The maximum absolute atomic E-state index is 5.61. The molecule has 1 aromatic rings. The highest BCUT2D eigenvalue weighted by molar-refractivity contribution is 6.17. The molecule has 0 aliphatic heterocycles. The molecule has 1 unspecified atom stereocenters. The topological polar surface area (TPSA) is 48.2 Å². The first-order chi connectivity index (χ1) is 7.49. The fourth-order valence-electron chi connectivity index (χ4n) is 1.54. The largest absolute Gasteiger partial charge is 0.373 e. The molecule has 0 aliphatic carbocycles. The lowest BCUT2D eigenvalue weighted by atomic mass is 9.88. The molecule has 0 bridgehead atoms. The highest BCUT2D eigenvalue weighted by Crippen LogP contribution is 2.33. The first kappa shape index (κ1) is 13.5. The zero-order valence-corrected chi connectivity index (χ0v) is 11.0. The lowest BCUT2D eigenvalue weighted by Crippen LogP contribution is -2.21. The molecule has 5 heteroatoms. The van der Waals surface area contributed by atoms with Crippen LogP contribution in [0.1, 0.15) is 45.0 Å². The summed E-state index contributed by atoms with van der Waals surface area (Å²) in [5.74, 6) is 1.84. The summed E-state index contributed by atoms with van der Waals surface area (Å²) in [5.41, 5.74) is -0.0532. The van der Waals surface area contributed by atoms with Crippen LogP contribution in [0.3, 0.4) is 0 Å². The number of aryl methyl sites for hydroxylation is 1. The fraction of sp³-hybridized carbons (Fsp3) is 0.818. The molecule has 1 rings (SSSR count). The van der Waals surface area contributed by atoms with E-state index >= 15 is 0 Å². The van der Waals surface area contributed by atoms with Crippen LogP contribution in [0.15, 0.2) is 4.52 Å². The number of halogens is 1. The lowest BCUT2D eigenvalue weighted by Gasteiger charge is -2.26. The molecule has 0 spiro atoms. The Kier molecular flexibility index (Phi) is 4.74. The monoisotopic (exact) mass is 246 g/mol. The van der Waals surface area contributed by atoms with Gasteiger partial charge in [-0.05, 0) is 11.8 Å². The van der Waals surface area contributed by atoms with Crippen LogP contribution in [0.4, 0.5) is 0 Å². The number of hydrogen-bond acceptors (Lipinski definition) is 4. The van der Waals surface area contributed by atoms with Gasteiger partial charge in [0.2, 0.25) is 11.7 Å². The molecule has 0 amide bonds.